The Bertz CT molecular complexity index is 731. The minimum Gasteiger partial charge on any atom is -0.328 e. The van der Waals surface area contributed by atoms with Gasteiger partial charge in [0.1, 0.15) is 6.67 Å². The van der Waals surface area contributed by atoms with E-state index in [0.29, 0.717) is 16.5 Å². The van der Waals surface area contributed by atoms with Gasteiger partial charge < -0.3 is 4.90 Å². The second-order valence-corrected chi connectivity index (χ2v) is 5.11. The van der Waals surface area contributed by atoms with Gasteiger partial charge in [0.15, 0.2) is 0 Å². The van der Waals surface area contributed by atoms with Crippen molar-refractivity contribution < 1.29 is 14.4 Å². The van der Waals surface area contributed by atoms with E-state index in [1.165, 1.54) is 11.8 Å². The molecule has 5 nitrogen and oxygen atoms in total. The first-order valence-electron chi connectivity index (χ1n) is 6.60. The summed E-state index contributed by atoms with van der Waals surface area (Å²) in [6.45, 7) is 1.35. The fraction of sp³-hybridized carbons (Fsp3) is 0.188. The van der Waals surface area contributed by atoms with Crippen molar-refractivity contribution in [1.82, 2.24) is 9.80 Å². The Morgan fingerprint density at radius 3 is 2.05 bits per heavy atom. The van der Waals surface area contributed by atoms with Crippen LogP contribution in [0.15, 0.2) is 36.4 Å². The highest BCUT2D eigenvalue weighted by molar-refractivity contribution is 6.25. The number of amides is 3. The first-order chi connectivity index (χ1) is 10.0. The number of imide groups is 1. The van der Waals surface area contributed by atoms with Crippen molar-refractivity contribution in [2.45, 2.75) is 6.92 Å². The predicted octanol–water partition coefficient (Wildman–Crippen LogP) is 1.87. The van der Waals surface area contributed by atoms with E-state index in [1.54, 1.807) is 31.3 Å². The smallest absolute Gasteiger partial charge is 0.262 e. The Labute approximate surface area is 121 Å². The number of carbonyl (C=O) groups excluding carboxylic acids is 3. The molecule has 106 valence electrons. The van der Waals surface area contributed by atoms with Crippen molar-refractivity contribution in [3.8, 4) is 0 Å². The molecule has 0 bridgehead atoms. The average Bonchev–Trinajstić information content (AvgIpc) is 2.48. The molecule has 5 heteroatoms. The van der Waals surface area contributed by atoms with E-state index < -0.39 is 0 Å². The largest absolute Gasteiger partial charge is 0.328 e. The van der Waals surface area contributed by atoms with E-state index in [4.69, 9.17) is 0 Å². The minimum atomic E-state index is -0.364. The standard InChI is InChI=1S/C16H14N2O3/c1-10(19)17(2)9-18-15(20)12-7-3-5-11-6-4-8-13(14(11)12)16(18)21/h3-8H,9H2,1-2H3. The lowest BCUT2D eigenvalue weighted by Crippen LogP contribution is -2.47. The van der Waals surface area contributed by atoms with E-state index in [-0.39, 0.29) is 24.4 Å². The van der Waals surface area contributed by atoms with Crippen LogP contribution < -0.4 is 0 Å². The maximum atomic E-state index is 12.5. The number of rotatable bonds is 2. The molecule has 0 atom stereocenters. The predicted molar refractivity (Wildman–Crippen MR) is 77.8 cm³/mol. The second kappa shape index (κ2) is 4.70. The van der Waals surface area contributed by atoms with Crippen LogP contribution in [0.1, 0.15) is 27.6 Å². The van der Waals surface area contributed by atoms with Gasteiger partial charge in [-0.1, -0.05) is 24.3 Å². The molecular weight excluding hydrogens is 268 g/mol. The highest BCUT2D eigenvalue weighted by Crippen LogP contribution is 2.29. The van der Waals surface area contributed by atoms with Crippen molar-refractivity contribution >= 4 is 28.5 Å². The lowest BCUT2D eigenvalue weighted by molar-refractivity contribution is -0.128. The van der Waals surface area contributed by atoms with E-state index in [1.807, 2.05) is 12.1 Å². The van der Waals surface area contributed by atoms with Crippen molar-refractivity contribution in [3.05, 3.63) is 47.5 Å². The van der Waals surface area contributed by atoms with Gasteiger partial charge in [-0.2, -0.15) is 0 Å². The van der Waals surface area contributed by atoms with Gasteiger partial charge in [-0.3, -0.25) is 19.3 Å². The molecule has 0 saturated carbocycles. The Morgan fingerprint density at radius 1 is 1.05 bits per heavy atom. The van der Waals surface area contributed by atoms with Gasteiger partial charge in [-0.25, -0.2) is 0 Å². The highest BCUT2D eigenvalue weighted by atomic mass is 16.2. The Morgan fingerprint density at radius 2 is 1.57 bits per heavy atom. The molecule has 3 rings (SSSR count). The summed E-state index contributed by atoms with van der Waals surface area (Å²) in [6, 6.07) is 10.8. The number of benzene rings is 2. The third-order valence-corrected chi connectivity index (χ3v) is 3.75. The molecule has 2 aromatic carbocycles. The topological polar surface area (TPSA) is 57.7 Å². The fourth-order valence-electron chi connectivity index (χ4n) is 2.52. The summed E-state index contributed by atoms with van der Waals surface area (Å²) >= 11 is 0. The normalized spacial score (nSPS) is 13.7. The van der Waals surface area contributed by atoms with Crippen molar-refractivity contribution in [2.75, 3.05) is 13.7 Å². The molecule has 21 heavy (non-hydrogen) atoms. The lowest BCUT2D eigenvalue weighted by atomic mass is 9.94. The molecule has 3 amide bonds. The van der Waals surface area contributed by atoms with Crippen molar-refractivity contribution in [2.24, 2.45) is 0 Å². The third kappa shape index (κ3) is 1.98. The van der Waals surface area contributed by atoms with E-state index >= 15 is 0 Å². The Kier molecular flexibility index (Phi) is 2.97. The zero-order chi connectivity index (χ0) is 15.1. The first kappa shape index (κ1) is 13.3. The molecule has 0 saturated heterocycles. The SMILES string of the molecule is CC(=O)N(C)CN1C(=O)c2cccc3cccc(c23)C1=O. The summed E-state index contributed by atoms with van der Waals surface area (Å²) in [4.78, 5) is 38.9. The van der Waals surface area contributed by atoms with Crippen LogP contribution in [-0.4, -0.2) is 41.2 Å². The number of hydrogen-bond donors (Lipinski definition) is 0. The molecule has 1 aliphatic rings. The molecule has 0 unspecified atom stereocenters. The zero-order valence-electron chi connectivity index (χ0n) is 11.8. The monoisotopic (exact) mass is 282 g/mol. The molecule has 0 aromatic heterocycles. The molecule has 0 aliphatic carbocycles. The van der Waals surface area contributed by atoms with Crippen LogP contribution >= 0.6 is 0 Å². The van der Waals surface area contributed by atoms with Gasteiger partial charge in [0, 0.05) is 30.5 Å². The van der Waals surface area contributed by atoms with Crippen molar-refractivity contribution in [3.63, 3.8) is 0 Å². The Hall–Kier alpha value is -2.69. The van der Waals surface area contributed by atoms with Gasteiger partial charge in [-0.15, -0.1) is 0 Å². The van der Waals surface area contributed by atoms with Gasteiger partial charge in [-0.05, 0) is 17.5 Å². The van der Waals surface area contributed by atoms with Crippen molar-refractivity contribution in [1.29, 1.82) is 0 Å². The average molecular weight is 282 g/mol. The summed E-state index contributed by atoms with van der Waals surface area (Å²) in [5.74, 6) is -0.928. The quantitative estimate of drug-likeness (QED) is 0.790. The molecular formula is C16H14N2O3. The zero-order valence-corrected chi connectivity index (χ0v) is 11.8. The molecule has 0 spiro atoms. The molecule has 1 aliphatic heterocycles. The number of carbonyl (C=O) groups is 3. The van der Waals surface area contributed by atoms with Gasteiger partial charge in [0.25, 0.3) is 11.8 Å². The second-order valence-electron chi connectivity index (χ2n) is 5.11. The highest BCUT2D eigenvalue weighted by Gasteiger charge is 2.33. The van der Waals surface area contributed by atoms with Crippen LogP contribution in [0.5, 0.6) is 0 Å². The lowest BCUT2D eigenvalue weighted by Gasteiger charge is -2.30. The van der Waals surface area contributed by atoms with Gasteiger partial charge in [0.05, 0.1) is 0 Å². The van der Waals surface area contributed by atoms with Crippen LogP contribution in [0.2, 0.25) is 0 Å². The summed E-state index contributed by atoms with van der Waals surface area (Å²) in [5.41, 5.74) is 0.999. The fourth-order valence-corrected chi connectivity index (χ4v) is 2.52. The van der Waals surface area contributed by atoms with Crippen LogP contribution in [0, 0.1) is 0 Å². The summed E-state index contributed by atoms with van der Waals surface area (Å²) < 4.78 is 0. The van der Waals surface area contributed by atoms with Crippen LogP contribution in [0.3, 0.4) is 0 Å². The Balaban J connectivity index is 2.13. The van der Waals surface area contributed by atoms with Gasteiger partial charge in [0.2, 0.25) is 5.91 Å². The summed E-state index contributed by atoms with van der Waals surface area (Å²) in [6.07, 6.45) is 0. The number of nitrogens with zero attached hydrogens (tertiary/aromatic N) is 2. The van der Waals surface area contributed by atoms with Gasteiger partial charge >= 0.3 is 0 Å². The maximum Gasteiger partial charge on any atom is 0.262 e. The van der Waals surface area contributed by atoms with E-state index in [0.717, 1.165) is 10.3 Å². The maximum absolute atomic E-state index is 12.5. The molecule has 1 heterocycles. The minimum absolute atomic E-state index is 0.0439. The summed E-state index contributed by atoms with van der Waals surface area (Å²) in [7, 11) is 1.56. The summed E-state index contributed by atoms with van der Waals surface area (Å²) in [5, 5.41) is 1.56. The van der Waals surface area contributed by atoms with E-state index in [2.05, 4.69) is 0 Å². The number of hydrogen-bond acceptors (Lipinski definition) is 3. The molecule has 2 aromatic rings. The van der Waals surface area contributed by atoms with Crippen LogP contribution in [0.25, 0.3) is 10.8 Å². The third-order valence-electron chi connectivity index (χ3n) is 3.75. The molecule has 0 fully saturated rings. The van der Waals surface area contributed by atoms with E-state index in [9.17, 15) is 14.4 Å². The first-order valence-corrected chi connectivity index (χ1v) is 6.60. The molecule has 0 radical (unpaired) electrons. The van der Waals surface area contributed by atoms with Crippen LogP contribution in [-0.2, 0) is 4.79 Å². The molecule has 0 N–H and O–H groups in total. The van der Waals surface area contributed by atoms with Crippen LogP contribution in [0.4, 0.5) is 0 Å².